The first-order valence-corrected chi connectivity index (χ1v) is 9.13. The second kappa shape index (κ2) is 7.23. The number of hydrogen-bond donors (Lipinski definition) is 1. The first kappa shape index (κ1) is 17.3. The molecular weight excluding hydrogens is 339 g/mol. The molecule has 0 spiro atoms. The summed E-state index contributed by atoms with van der Waals surface area (Å²) in [4.78, 5) is 14.9. The zero-order valence-corrected chi connectivity index (χ0v) is 15.1. The van der Waals surface area contributed by atoms with Gasteiger partial charge < -0.3 is 10.2 Å². The van der Waals surface area contributed by atoms with Crippen LogP contribution in [0.3, 0.4) is 0 Å². The number of carbonyl (C=O) groups is 1. The fraction of sp³-hybridized carbons (Fsp3) is 0.174. The van der Waals surface area contributed by atoms with Crippen LogP contribution in [0, 0.1) is 5.82 Å². The highest BCUT2D eigenvalue weighted by Crippen LogP contribution is 2.40. The van der Waals surface area contributed by atoms with Crippen LogP contribution in [-0.4, -0.2) is 11.9 Å². The van der Waals surface area contributed by atoms with E-state index in [2.05, 4.69) is 5.32 Å². The monoisotopic (exact) mass is 360 g/mol. The molecule has 0 unspecified atom stereocenters. The highest BCUT2D eigenvalue weighted by atomic mass is 19.1. The summed E-state index contributed by atoms with van der Waals surface area (Å²) in [6.07, 6.45) is 0.698. The molecule has 0 saturated carbocycles. The average Bonchev–Trinajstić information content (AvgIpc) is 2.69. The second-order valence-electron chi connectivity index (χ2n) is 6.89. The van der Waals surface area contributed by atoms with E-state index in [-0.39, 0.29) is 23.8 Å². The number of nitrogens with zero attached hydrogens (tertiary/aromatic N) is 1. The Bertz CT molecular complexity index is 943. The van der Waals surface area contributed by atoms with Crippen molar-refractivity contribution < 1.29 is 9.18 Å². The number of anilines is 2. The number of hydrogen-bond acceptors (Lipinski definition) is 2. The van der Waals surface area contributed by atoms with Crippen molar-refractivity contribution >= 4 is 17.3 Å². The molecule has 4 heteroatoms. The van der Waals surface area contributed by atoms with Crippen LogP contribution < -0.4 is 10.2 Å². The summed E-state index contributed by atoms with van der Waals surface area (Å²) >= 11 is 0. The molecule has 0 fully saturated rings. The van der Waals surface area contributed by atoms with Crippen LogP contribution in [0.2, 0.25) is 0 Å². The molecule has 1 aliphatic heterocycles. The lowest BCUT2D eigenvalue weighted by atomic mass is 9.90. The molecule has 3 nitrogen and oxygen atoms in total. The summed E-state index contributed by atoms with van der Waals surface area (Å²) in [5.41, 5.74) is 3.18. The minimum absolute atomic E-state index is 0.0168. The molecule has 136 valence electrons. The Morgan fingerprint density at radius 2 is 1.67 bits per heavy atom. The number of nitrogens with one attached hydrogen (secondary N) is 1. The molecule has 0 bridgehead atoms. The highest BCUT2D eigenvalue weighted by Gasteiger charge is 2.34. The summed E-state index contributed by atoms with van der Waals surface area (Å²) in [7, 11) is 0. The molecule has 1 amide bonds. The summed E-state index contributed by atoms with van der Waals surface area (Å²) in [5.74, 6) is -0.357. The summed E-state index contributed by atoms with van der Waals surface area (Å²) < 4.78 is 14.0. The maximum Gasteiger partial charge on any atom is 0.258 e. The van der Waals surface area contributed by atoms with E-state index in [1.807, 2.05) is 67.6 Å². The Morgan fingerprint density at radius 3 is 2.37 bits per heavy atom. The van der Waals surface area contributed by atoms with Gasteiger partial charge in [-0.2, -0.15) is 0 Å². The predicted octanol–water partition coefficient (Wildman–Crippen LogP) is 5.42. The van der Waals surface area contributed by atoms with E-state index in [1.54, 1.807) is 11.0 Å². The van der Waals surface area contributed by atoms with Crippen LogP contribution in [0.15, 0.2) is 78.9 Å². The van der Waals surface area contributed by atoms with Gasteiger partial charge in [-0.3, -0.25) is 4.79 Å². The number of halogens is 1. The normalized spacial score (nSPS) is 18.7. The smallest absolute Gasteiger partial charge is 0.258 e. The first-order valence-electron chi connectivity index (χ1n) is 9.13. The van der Waals surface area contributed by atoms with Gasteiger partial charge in [-0.15, -0.1) is 0 Å². The van der Waals surface area contributed by atoms with Gasteiger partial charge in [-0.1, -0.05) is 36.4 Å². The van der Waals surface area contributed by atoms with E-state index < -0.39 is 0 Å². The Morgan fingerprint density at radius 1 is 1.00 bits per heavy atom. The van der Waals surface area contributed by atoms with Crippen molar-refractivity contribution in [2.24, 2.45) is 0 Å². The third-order valence-electron chi connectivity index (χ3n) is 5.00. The molecule has 3 aromatic carbocycles. The molecule has 1 heterocycles. The fourth-order valence-corrected chi connectivity index (χ4v) is 3.74. The summed E-state index contributed by atoms with van der Waals surface area (Å²) in [5, 5.41) is 3.49. The average molecular weight is 360 g/mol. The van der Waals surface area contributed by atoms with Crippen LogP contribution in [0.4, 0.5) is 15.8 Å². The van der Waals surface area contributed by atoms with E-state index in [1.165, 1.54) is 12.1 Å². The maximum atomic E-state index is 14.0. The number of carbonyl (C=O) groups excluding carboxylic acids is 1. The van der Waals surface area contributed by atoms with Gasteiger partial charge in [0, 0.05) is 28.5 Å². The van der Waals surface area contributed by atoms with Crippen molar-refractivity contribution in [2.75, 3.05) is 10.2 Å². The third kappa shape index (κ3) is 3.43. The summed E-state index contributed by atoms with van der Waals surface area (Å²) in [6.45, 7) is 2.03. The predicted molar refractivity (Wildman–Crippen MR) is 107 cm³/mol. The molecule has 27 heavy (non-hydrogen) atoms. The van der Waals surface area contributed by atoms with Crippen molar-refractivity contribution in [1.29, 1.82) is 0 Å². The minimum Gasteiger partial charge on any atom is -0.378 e. The van der Waals surface area contributed by atoms with E-state index in [9.17, 15) is 9.18 Å². The van der Waals surface area contributed by atoms with Crippen LogP contribution in [0.25, 0.3) is 0 Å². The van der Waals surface area contributed by atoms with Gasteiger partial charge in [0.2, 0.25) is 0 Å². The Labute approximate surface area is 158 Å². The standard InChI is InChI=1S/C23H21FN2O/c1-16-14-21(25-19-10-6-3-7-11-19)20-15-18(24)12-13-22(20)26(16)23(27)17-8-4-2-5-9-17/h2-13,15-16,21,25H,14H2,1H3/t16-,21+/m1/s1. The van der Waals surface area contributed by atoms with Crippen LogP contribution in [0.5, 0.6) is 0 Å². The lowest BCUT2D eigenvalue weighted by Crippen LogP contribution is -2.44. The molecule has 1 aliphatic rings. The lowest BCUT2D eigenvalue weighted by molar-refractivity contribution is 0.0974. The Hall–Kier alpha value is -3.14. The largest absolute Gasteiger partial charge is 0.378 e. The van der Waals surface area contributed by atoms with Crippen LogP contribution in [-0.2, 0) is 0 Å². The van der Waals surface area contributed by atoms with Gasteiger partial charge in [0.25, 0.3) is 5.91 Å². The number of amides is 1. The van der Waals surface area contributed by atoms with E-state index in [0.29, 0.717) is 12.0 Å². The van der Waals surface area contributed by atoms with Crippen molar-refractivity contribution in [1.82, 2.24) is 0 Å². The number of benzene rings is 3. The number of para-hydroxylation sites is 1. The van der Waals surface area contributed by atoms with Crippen molar-refractivity contribution in [3.05, 3.63) is 95.8 Å². The molecular formula is C23H21FN2O. The maximum absolute atomic E-state index is 14.0. The lowest BCUT2D eigenvalue weighted by Gasteiger charge is -2.40. The van der Waals surface area contributed by atoms with Crippen molar-refractivity contribution in [3.8, 4) is 0 Å². The zero-order chi connectivity index (χ0) is 18.8. The zero-order valence-electron chi connectivity index (χ0n) is 15.1. The highest BCUT2D eigenvalue weighted by molar-refractivity contribution is 6.07. The molecule has 0 radical (unpaired) electrons. The Balaban J connectivity index is 1.73. The van der Waals surface area contributed by atoms with Gasteiger partial charge >= 0.3 is 0 Å². The van der Waals surface area contributed by atoms with E-state index >= 15 is 0 Å². The van der Waals surface area contributed by atoms with Gasteiger partial charge in [0.1, 0.15) is 5.82 Å². The quantitative estimate of drug-likeness (QED) is 0.676. The van der Waals surface area contributed by atoms with Crippen LogP contribution in [0.1, 0.15) is 35.3 Å². The van der Waals surface area contributed by atoms with Crippen molar-refractivity contribution in [3.63, 3.8) is 0 Å². The molecule has 4 rings (SSSR count). The summed E-state index contributed by atoms with van der Waals surface area (Å²) in [6, 6.07) is 23.7. The van der Waals surface area contributed by atoms with E-state index in [0.717, 1.165) is 16.9 Å². The molecule has 0 aliphatic carbocycles. The topological polar surface area (TPSA) is 32.3 Å². The van der Waals surface area contributed by atoms with Gasteiger partial charge in [0.15, 0.2) is 0 Å². The molecule has 1 N–H and O–H groups in total. The van der Waals surface area contributed by atoms with Gasteiger partial charge in [0.05, 0.1) is 6.04 Å². The van der Waals surface area contributed by atoms with Gasteiger partial charge in [-0.05, 0) is 55.8 Å². The van der Waals surface area contributed by atoms with Crippen molar-refractivity contribution in [2.45, 2.75) is 25.4 Å². The number of fused-ring (bicyclic) bond motifs is 1. The molecule has 2 atom stereocenters. The van der Waals surface area contributed by atoms with Crippen LogP contribution >= 0.6 is 0 Å². The third-order valence-corrected chi connectivity index (χ3v) is 5.00. The van der Waals surface area contributed by atoms with E-state index in [4.69, 9.17) is 0 Å². The first-order chi connectivity index (χ1) is 13.1. The molecule has 0 aromatic heterocycles. The SMILES string of the molecule is C[C@@H]1C[C@H](Nc2ccccc2)c2cc(F)ccc2N1C(=O)c1ccccc1. The van der Waals surface area contributed by atoms with Gasteiger partial charge in [-0.25, -0.2) is 4.39 Å². The second-order valence-corrected chi connectivity index (χ2v) is 6.89. The molecule has 0 saturated heterocycles. The minimum atomic E-state index is -0.296. The number of rotatable bonds is 3. The Kier molecular flexibility index (Phi) is 4.63. The molecule has 3 aromatic rings. The fourth-order valence-electron chi connectivity index (χ4n) is 3.74.